The van der Waals surface area contributed by atoms with Gasteiger partial charge in [0.05, 0.1) is 0 Å². The van der Waals surface area contributed by atoms with E-state index in [1.807, 2.05) is 50.2 Å². The van der Waals surface area contributed by atoms with E-state index < -0.39 is 0 Å². The van der Waals surface area contributed by atoms with Crippen molar-refractivity contribution in [2.24, 2.45) is 0 Å². The highest BCUT2D eigenvalue weighted by atomic mass is 35.5. The molecule has 0 aliphatic carbocycles. The molecule has 0 saturated heterocycles. The van der Waals surface area contributed by atoms with Crippen molar-refractivity contribution in [3.63, 3.8) is 0 Å². The van der Waals surface area contributed by atoms with E-state index in [0.717, 1.165) is 42.7 Å². The lowest BCUT2D eigenvalue weighted by Crippen LogP contribution is -2.39. The number of nitrogen functional groups attached to an aromatic ring is 1. The second-order valence-electron chi connectivity index (χ2n) is 6.05. The first kappa shape index (κ1) is 18.3. The first-order valence-corrected chi connectivity index (χ1v) is 9.62. The molecule has 25 heavy (non-hydrogen) atoms. The fourth-order valence-electron chi connectivity index (χ4n) is 2.59. The van der Waals surface area contributed by atoms with Crippen molar-refractivity contribution < 1.29 is 0 Å². The molecule has 126 valence electrons. The maximum Gasteiger partial charge on any atom is 0.280 e. The van der Waals surface area contributed by atoms with Gasteiger partial charge in [-0.05, 0) is 49.2 Å². The van der Waals surface area contributed by atoms with E-state index in [4.69, 9.17) is 28.9 Å². The second kappa shape index (κ2) is 7.78. The Morgan fingerprint density at radius 2 is 1.32 bits per heavy atom. The van der Waals surface area contributed by atoms with Crippen LogP contribution in [0.1, 0.15) is 11.1 Å². The molecule has 0 bridgehead atoms. The fourth-order valence-corrected chi connectivity index (χ4v) is 4.15. The quantitative estimate of drug-likeness (QED) is 0.499. The topological polar surface area (TPSA) is 26.0 Å². The molecule has 0 amide bonds. The number of hydrogen-bond donors (Lipinski definition) is 1. The minimum atomic E-state index is 0.0564. The van der Waals surface area contributed by atoms with E-state index in [9.17, 15) is 0 Å². The largest absolute Gasteiger partial charge is 0.398 e. The van der Waals surface area contributed by atoms with Crippen LogP contribution in [0.15, 0.2) is 65.6 Å². The number of hydrogen-bond acceptors (Lipinski definition) is 2. The summed E-state index contributed by atoms with van der Waals surface area (Å²) in [7, 11) is 0. The predicted octanol–water partition coefficient (Wildman–Crippen LogP) is 5.09. The van der Waals surface area contributed by atoms with E-state index in [1.54, 1.807) is 11.6 Å². The molecule has 0 radical (unpaired) electrons. The molecular weight excluding hydrogens is 368 g/mol. The van der Waals surface area contributed by atoms with Crippen LogP contribution in [0.5, 0.6) is 0 Å². The molecular formula is C20H18BCl2NS. The van der Waals surface area contributed by atoms with Crippen molar-refractivity contribution in [2.45, 2.75) is 18.7 Å². The van der Waals surface area contributed by atoms with Gasteiger partial charge < -0.3 is 5.73 Å². The molecule has 0 fully saturated rings. The highest BCUT2D eigenvalue weighted by molar-refractivity contribution is 8.28. The number of halogens is 2. The smallest absolute Gasteiger partial charge is 0.280 e. The van der Waals surface area contributed by atoms with E-state index in [1.165, 1.54) is 0 Å². The molecule has 0 spiro atoms. The van der Waals surface area contributed by atoms with Crippen LogP contribution in [0.2, 0.25) is 10.0 Å². The lowest BCUT2D eigenvalue weighted by molar-refractivity contribution is 1.47. The standard InChI is InChI=1S/C20H18BCl2NS/c1-13-7-9-15(11-17(13)22)21(16-10-8-14(2)18(23)12-16)25-20-6-4-3-5-19(20)24/h3-12H,24H2,1-2H3. The lowest BCUT2D eigenvalue weighted by atomic mass is 9.61. The maximum absolute atomic E-state index is 6.38. The molecule has 2 N–H and O–H groups in total. The number of aryl methyl sites for hydroxylation is 2. The Kier molecular flexibility index (Phi) is 5.68. The molecule has 0 unspecified atom stereocenters. The number of rotatable bonds is 4. The summed E-state index contributed by atoms with van der Waals surface area (Å²) in [5.74, 6) is 0.0564. The Bertz CT molecular complexity index is 862. The number of anilines is 1. The Morgan fingerprint density at radius 3 is 1.80 bits per heavy atom. The summed E-state index contributed by atoms with van der Waals surface area (Å²) in [6.07, 6.45) is 0. The summed E-state index contributed by atoms with van der Waals surface area (Å²) in [6, 6.07) is 20.3. The SMILES string of the molecule is Cc1ccc(B(Sc2ccccc2N)c2ccc(C)c(Cl)c2)cc1Cl. The summed E-state index contributed by atoms with van der Waals surface area (Å²) >= 11 is 14.5. The van der Waals surface area contributed by atoms with Crippen LogP contribution < -0.4 is 16.7 Å². The van der Waals surface area contributed by atoms with Crippen molar-refractivity contribution in [1.82, 2.24) is 0 Å². The van der Waals surface area contributed by atoms with Crippen LogP contribution in [-0.2, 0) is 0 Å². The molecule has 3 rings (SSSR count). The van der Waals surface area contributed by atoms with Gasteiger partial charge in [0.15, 0.2) is 0 Å². The summed E-state index contributed by atoms with van der Waals surface area (Å²) in [5.41, 5.74) is 11.3. The molecule has 0 heterocycles. The van der Waals surface area contributed by atoms with Crippen LogP contribution in [0.3, 0.4) is 0 Å². The van der Waals surface area contributed by atoms with E-state index >= 15 is 0 Å². The summed E-state index contributed by atoms with van der Waals surface area (Å²) in [5, 5.41) is 1.53. The number of benzene rings is 3. The zero-order valence-corrected chi connectivity index (χ0v) is 16.4. The third-order valence-corrected chi connectivity index (χ3v) is 6.38. The molecule has 1 nitrogen and oxygen atoms in total. The first-order chi connectivity index (χ1) is 12.0. The van der Waals surface area contributed by atoms with Gasteiger partial charge in [-0.3, -0.25) is 0 Å². The Labute approximate surface area is 163 Å². The van der Waals surface area contributed by atoms with E-state index in [-0.39, 0.29) is 5.99 Å². The summed E-state index contributed by atoms with van der Waals surface area (Å²) in [6.45, 7) is 4.01. The highest BCUT2D eigenvalue weighted by Gasteiger charge is 2.23. The molecule has 0 aromatic heterocycles. The average Bonchev–Trinajstić information content (AvgIpc) is 2.59. The average molecular weight is 386 g/mol. The zero-order valence-electron chi connectivity index (χ0n) is 14.1. The Morgan fingerprint density at radius 1 is 0.800 bits per heavy atom. The van der Waals surface area contributed by atoms with Gasteiger partial charge in [-0.15, -0.1) is 0 Å². The summed E-state index contributed by atoms with van der Waals surface area (Å²) in [4.78, 5) is 1.04. The summed E-state index contributed by atoms with van der Waals surface area (Å²) < 4.78 is 0. The Balaban J connectivity index is 2.08. The number of para-hydroxylation sites is 1. The van der Waals surface area contributed by atoms with Crippen molar-refractivity contribution in [3.05, 3.63) is 81.8 Å². The zero-order chi connectivity index (χ0) is 18.0. The molecule has 0 aliphatic heterocycles. The van der Waals surface area contributed by atoms with Crippen LogP contribution in [0, 0.1) is 13.8 Å². The maximum atomic E-state index is 6.38. The fraction of sp³-hybridized carbons (Fsp3) is 0.100. The third kappa shape index (κ3) is 4.17. The number of nitrogens with two attached hydrogens (primary N) is 1. The monoisotopic (exact) mass is 385 g/mol. The second-order valence-corrected chi connectivity index (χ2v) is 8.01. The lowest BCUT2D eigenvalue weighted by Gasteiger charge is -2.17. The van der Waals surface area contributed by atoms with Crippen LogP contribution >= 0.6 is 34.8 Å². The van der Waals surface area contributed by atoms with Crippen LogP contribution in [0.25, 0.3) is 0 Å². The predicted molar refractivity (Wildman–Crippen MR) is 114 cm³/mol. The minimum Gasteiger partial charge on any atom is -0.398 e. The van der Waals surface area contributed by atoms with Gasteiger partial charge in [0, 0.05) is 20.6 Å². The van der Waals surface area contributed by atoms with Gasteiger partial charge >= 0.3 is 0 Å². The van der Waals surface area contributed by atoms with Gasteiger partial charge in [-0.25, -0.2) is 0 Å². The molecule has 3 aromatic rings. The van der Waals surface area contributed by atoms with Gasteiger partial charge in [0.2, 0.25) is 0 Å². The Hall–Kier alpha value is -1.55. The highest BCUT2D eigenvalue weighted by Crippen LogP contribution is 2.28. The van der Waals surface area contributed by atoms with Crippen molar-refractivity contribution in [3.8, 4) is 0 Å². The minimum absolute atomic E-state index is 0.0564. The first-order valence-electron chi connectivity index (χ1n) is 7.99. The normalized spacial score (nSPS) is 10.7. The van der Waals surface area contributed by atoms with Crippen LogP contribution in [0.4, 0.5) is 5.69 Å². The third-order valence-electron chi connectivity index (χ3n) is 4.16. The molecule has 3 aromatic carbocycles. The van der Waals surface area contributed by atoms with E-state index in [0.29, 0.717) is 0 Å². The van der Waals surface area contributed by atoms with Gasteiger partial charge in [-0.2, -0.15) is 11.6 Å². The van der Waals surface area contributed by atoms with Gasteiger partial charge in [0.25, 0.3) is 5.99 Å². The van der Waals surface area contributed by atoms with Crippen molar-refractivity contribution >= 4 is 57.4 Å². The molecule has 0 atom stereocenters. The molecule has 0 aliphatic rings. The molecule has 5 heteroatoms. The van der Waals surface area contributed by atoms with Crippen LogP contribution in [-0.4, -0.2) is 5.99 Å². The van der Waals surface area contributed by atoms with Gasteiger partial charge in [0.1, 0.15) is 0 Å². The van der Waals surface area contributed by atoms with Crippen molar-refractivity contribution in [2.75, 3.05) is 5.73 Å². The van der Waals surface area contributed by atoms with Gasteiger partial charge in [-0.1, -0.05) is 70.5 Å². The molecule has 0 saturated carbocycles. The van der Waals surface area contributed by atoms with E-state index in [2.05, 4.69) is 24.3 Å². The van der Waals surface area contributed by atoms with Crippen molar-refractivity contribution in [1.29, 1.82) is 0 Å².